The molecule has 3 saturated carbocycles. The van der Waals surface area contributed by atoms with E-state index in [9.17, 15) is 5.11 Å². The molecule has 0 saturated heterocycles. The van der Waals surface area contributed by atoms with Gasteiger partial charge in [-0.15, -0.1) is 0 Å². The van der Waals surface area contributed by atoms with Crippen LogP contribution in [0.15, 0.2) is 11.6 Å². The van der Waals surface area contributed by atoms with Gasteiger partial charge in [-0.2, -0.15) is 0 Å². The molecule has 9 atom stereocenters. The Balaban J connectivity index is 1.51. The van der Waals surface area contributed by atoms with E-state index >= 15 is 0 Å². The summed E-state index contributed by atoms with van der Waals surface area (Å²) in [5.41, 5.74) is 2.58. The Labute approximate surface area is 187 Å². The van der Waals surface area contributed by atoms with Gasteiger partial charge in [0.1, 0.15) is 0 Å². The smallest absolute Gasteiger partial charge is 0.0577 e. The van der Waals surface area contributed by atoms with Crippen LogP contribution in [0, 0.1) is 52.3 Å². The zero-order valence-electron chi connectivity index (χ0n) is 20.9. The minimum absolute atomic E-state index is 0.0801. The van der Waals surface area contributed by atoms with Gasteiger partial charge in [0.2, 0.25) is 0 Å². The fourth-order valence-electron chi connectivity index (χ4n) is 9.35. The summed E-state index contributed by atoms with van der Waals surface area (Å²) < 4.78 is 0. The van der Waals surface area contributed by atoms with Crippen LogP contribution in [0.3, 0.4) is 0 Å². The minimum atomic E-state index is -0.0801. The summed E-state index contributed by atoms with van der Waals surface area (Å²) in [6, 6.07) is 0. The predicted octanol–water partition coefficient (Wildman–Crippen LogP) is 8.02. The standard InChI is InChI=1S/C29H50O/c1-7-8-21(19(2)3)17-20(4)25-11-12-26-24-10-9-22-18-23(30)13-15-28(22,5)27(24)14-16-29(25,26)6/h9,19-21,23-27,30H,7-8,10-18H2,1-6H3. The number of hydrogen-bond acceptors (Lipinski definition) is 1. The maximum Gasteiger partial charge on any atom is 0.0577 e. The molecule has 0 aromatic heterocycles. The normalized spacial score (nSPS) is 45.3. The van der Waals surface area contributed by atoms with Crippen molar-refractivity contribution in [2.45, 2.75) is 118 Å². The molecule has 0 heterocycles. The highest BCUT2D eigenvalue weighted by molar-refractivity contribution is 5.25. The summed E-state index contributed by atoms with van der Waals surface area (Å²) in [6.07, 6.45) is 17.1. The molecule has 3 fully saturated rings. The van der Waals surface area contributed by atoms with Crippen molar-refractivity contribution >= 4 is 0 Å². The first-order valence-electron chi connectivity index (χ1n) is 13.6. The third kappa shape index (κ3) is 3.74. The molecule has 1 N–H and O–H groups in total. The second kappa shape index (κ2) is 8.57. The van der Waals surface area contributed by atoms with Crippen LogP contribution >= 0.6 is 0 Å². The average molecular weight is 415 g/mol. The predicted molar refractivity (Wildman–Crippen MR) is 128 cm³/mol. The summed E-state index contributed by atoms with van der Waals surface area (Å²) in [4.78, 5) is 0. The molecular weight excluding hydrogens is 364 g/mol. The highest BCUT2D eigenvalue weighted by Gasteiger charge is 2.59. The van der Waals surface area contributed by atoms with Crippen molar-refractivity contribution in [3.05, 3.63) is 11.6 Å². The molecule has 0 bridgehead atoms. The Morgan fingerprint density at radius 1 is 1.03 bits per heavy atom. The largest absolute Gasteiger partial charge is 0.393 e. The lowest BCUT2D eigenvalue weighted by Crippen LogP contribution is -2.50. The molecule has 172 valence electrons. The van der Waals surface area contributed by atoms with Gasteiger partial charge in [-0.3, -0.25) is 0 Å². The van der Waals surface area contributed by atoms with Crippen LogP contribution < -0.4 is 0 Å². The maximum absolute atomic E-state index is 10.3. The van der Waals surface area contributed by atoms with Crippen molar-refractivity contribution in [1.29, 1.82) is 0 Å². The minimum Gasteiger partial charge on any atom is -0.393 e. The van der Waals surface area contributed by atoms with Crippen LogP contribution in [-0.4, -0.2) is 11.2 Å². The lowest BCUT2D eigenvalue weighted by Gasteiger charge is -2.58. The molecule has 4 aliphatic rings. The number of aliphatic hydroxyl groups is 1. The summed E-state index contributed by atoms with van der Waals surface area (Å²) in [6.45, 7) is 15.1. The van der Waals surface area contributed by atoms with Gasteiger partial charge in [0.05, 0.1) is 6.10 Å². The number of fused-ring (bicyclic) bond motifs is 5. The third-order valence-corrected chi connectivity index (χ3v) is 11.1. The van der Waals surface area contributed by atoms with Gasteiger partial charge in [-0.1, -0.05) is 66.0 Å². The molecule has 0 aliphatic heterocycles. The molecule has 0 aromatic carbocycles. The summed E-state index contributed by atoms with van der Waals surface area (Å²) in [5, 5.41) is 10.3. The Kier molecular flexibility index (Phi) is 6.53. The first-order chi connectivity index (χ1) is 14.2. The van der Waals surface area contributed by atoms with Crippen LogP contribution in [-0.2, 0) is 0 Å². The first kappa shape index (κ1) is 22.9. The molecule has 30 heavy (non-hydrogen) atoms. The molecule has 0 spiro atoms. The number of rotatable bonds is 6. The van der Waals surface area contributed by atoms with Crippen molar-refractivity contribution in [2.24, 2.45) is 52.3 Å². The highest BCUT2D eigenvalue weighted by Crippen LogP contribution is 2.67. The molecule has 9 unspecified atom stereocenters. The van der Waals surface area contributed by atoms with Gasteiger partial charge in [-0.05, 0) is 110 Å². The summed E-state index contributed by atoms with van der Waals surface area (Å²) >= 11 is 0. The van der Waals surface area contributed by atoms with Crippen molar-refractivity contribution in [3.63, 3.8) is 0 Å². The van der Waals surface area contributed by atoms with Crippen LogP contribution in [0.25, 0.3) is 0 Å². The Hall–Kier alpha value is -0.300. The van der Waals surface area contributed by atoms with Crippen LogP contribution in [0.2, 0.25) is 0 Å². The van der Waals surface area contributed by atoms with E-state index < -0.39 is 0 Å². The Bertz CT molecular complexity index is 634. The lowest BCUT2D eigenvalue weighted by atomic mass is 9.47. The van der Waals surface area contributed by atoms with E-state index in [0.29, 0.717) is 10.8 Å². The van der Waals surface area contributed by atoms with Gasteiger partial charge in [0, 0.05) is 0 Å². The molecule has 1 heteroatoms. The van der Waals surface area contributed by atoms with Gasteiger partial charge in [-0.25, -0.2) is 0 Å². The summed E-state index contributed by atoms with van der Waals surface area (Å²) in [5.74, 6) is 6.28. The quantitative estimate of drug-likeness (QED) is 0.436. The molecule has 4 rings (SSSR count). The van der Waals surface area contributed by atoms with E-state index in [0.717, 1.165) is 54.3 Å². The molecule has 1 nitrogen and oxygen atoms in total. The van der Waals surface area contributed by atoms with E-state index in [-0.39, 0.29) is 6.10 Å². The molecule has 0 aromatic rings. The summed E-state index contributed by atoms with van der Waals surface area (Å²) in [7, 11) is 0. The van der Waals surface area contributed by atoms with Gasteiger partial charge in [0.25, 0.3) is 0 Å². The Morgan fingerprint density at radius 3 is 2.50 bits per heavy atom. The van der Waals surface area contributed by atoms with Crippen LogP contribution in [0.4, 0.5) is 0 Å². The van der Waals surface area contributed by atoms with Crippen LogP contribution in [0.1, 0.15) is 112 Å². The van der Waals surface area contributed by atoms with Gasteiger partial charge in [0.15, 0.2) is 0 Å². The van der Waals surface area contributed by atoms with Crippen molar-refractivity contribution in [1.82, 2.24) is 0 Å². The maximum atomic E-state index is 10.3. The van der Waals surface area contributed by atoms with Gasteiger partial charge >= 0.3 is 0 Å². The molecule has 0 amide bonds. The number of hydrogen-bond donors (Lipinski definition) is 1. The van der Waals surface area contributed by atoms with Crippen molar-refractivity contribution in [2.75, 3.05) is 0 Å². The zero-order chi connectivity index (χ0) is 21.7. The second-order valence-corrected chi connectivity index (χ2v) is 12.9. The monoisotopic (exact) mass is 414 g/mol. The van der Waals surface area contributed by atoms with E-state index in [1.54, 1.807) is 5.57 Å². The fourth-order valence-corrected chi connectivity index (χ4v) is 9.35. The molecular formula is C29H50O. The van der Waals surface area contributed by atoms with Crippen LogP contribution in [0.5, 0.6) is 0 Å². The Morgan fingerprint density at radius 2 is 1.80 bits per heavy atom. The fraction of sp³-hybridized carbons (Fsp3) is 0.931. The molecule has 0 radical (unpaired) electrons. The number of allylic oxidation sites excluding steroid dienone is 1. The average Bonchev–Trinajstić information content (AvgIpc) is 3.05. The topological polar surface area (TPSA) is 20.2 Å². The SMILES string of the molecule is CCCC(CC(C)C1CCC2C3CC=C4CC(O)CCC4(C)C3CCC12C)C(C)C. The zero-order valence-corrected chi connectivity index (χ0v) is 20.9. The third-order valence-electron chi connectivity index (χ3n) is 11.1. The van der Waals surface area contributed by atoms with E-state index in [4.69, 9.17) is 0 Å². The van der Waals surface area contributed by atoms with E-state index in [2.05, 4.69) is 47.6 Å². The lowest BCUT2D eigenvalue weighted by molar-refractivity contribution is -0.0584. The van der Waals surface area contributed by atoms with E-state index in [1.165, 1.54) is 57.8 Å². The molecule has 4 aliphatic carbocycles. The van der Waals surface area contributed by atoms with E-state index in [1.807, 2.05) is 0 Å². The van der Waals surface area contributed by atoms with Crippen molar-refractivity contribution in [3.8, 4) is 0 Å². The van der Waals surface area contributed by atoms with Crippen molar-refractivity contribution < 1.29 is 5.11 Å². The second-order valence-electron chi connectivity index (χ2n) is 12.9. The number of aliphatic hydroxyl groups excluding tert-OH is 1. The highest BCUT2D eigenvalue weighted by atomic mass is 16.3. The first-order valence-corrected chi connectivity index (χ1v) is 13.6. The van der Waals surface area contributed by atoms with Gasteiger partial charge < -0.3 is 5.11 Å².